The van der Waals surface area contributed by atoms with Crippen molar-refractivity contribution in [2.45, 2.75) is 76.7 Å². The maximum Gasteiger partial charge on any atom is 0.326 e. The first-order valence-corrected chi connectivity index (χ1v) is 11.1. The number of nitrogens with zero attached hydrogens (tertiary/aromatic N) is 1. The van der Waals surface area contributed by atoms with Crippen molar-refractivity contribution in [3.63, 3.8) is 0 Å². The Kier molecular flexibility index (Phi) is 13.9. The van der Waals surface area contributed by atoms with Crippen LogP contribution in [-0.2, 0) is 24.0 Å². The van der Waals surface area contributed by atoms with Crippen molar-refractivity contribution in [1.82, 2.24) is 16.0 Å². The Labute approximate surface area is 203 Å². The van der Waals surface area contributed by atoms with Gasteiger partial charge in [0.05, 0.1) is 18.6 Å². The molecule has 0 rings (SSSR count). The first-order chi connectivity index (χ1) is 16.2. The van der Waals surface area contributed by atoms with Crippen LogP contribution < -0.4 is 38.9 Å². The molecule has 0 radical (unpaired) electrons. The molecule has 0 heterocycles. The standard InChI is InChI=1S/C20H38N8O7/c1-4-9(2)14(22)17(32)28-15(10(3)29)18(33)27-12(8-13(21)30)16(31)26-11(19(34)35)6-5-7-25-20(23)24/h9-12,14-15,29H,4-8,22H2,1-3H3,(H2,21,30)(H,26,31)(H,27,33)(H,28,32)(H,34,35)(H4,23,24,25). The Hall–Kier alpha value is -3.46. The van der Waals surface area contributed by atoms with E-state index in [1.54, 1.807) is 6.92 Å². The van der Waals surface area contributed by atoms with Gasteiger partial charge in [-0.2, -0.15) is 0 Å². The van der Waals surface area contributed by atoms with Gasteiger partial charge < -0.3 is 49.1 Å². The van der Waals surface area contributed by atoms with E-state index in [2.05, 4.69) is 20.9 Å². The van der Waals surface area contributed by atoms with Gasteiger partial charge in [0.1, 0.15) is 18.1 Å². The summed E-state index contributed by atoms with van der Waals surface area (Å²) in [5.41, 5.74) is 21.4. The van der Waals surface area contributed by atoms with Crippen LogP contribution >= 0.6 is 0 Å². The summed E-state index contributed by atoms with van der Waals surface area (Å²) in [6.07, 6.45) is -1.28. The van der Waals surface area contributed by atoms with E-state index >= 15 is 0 Å². The first kappa shape index (κ1) is 31.5. The predicted molar refractivity (Wildman–Crippen MR) is 126 cm³/mol. The molecule has 6 unspecified atom stereocenters. The molecule has 35 heavy (non-hydrogen) atoms. The van der Waals surface area contributed by atoms with Gasteiger partial charge >= 0.3 is 5.97 Å². The molecule has 0 aromatic rings. The van der Waals surface area contributed by atoms with E-state index in [1.807, 2.05) is 6.92 Å². The van der Waals surface area contributed by atoms with Crippen LogP contribution in [-0.4, -0.2) is 82.6 Å². The third kappa shape index (κ3) is 12.0. The van der Waals surface area contributed by atoms with Gasteiger partial charge in [0.15, 0.2) is 5.96 Å². The number of aliphatic carboxylic acids is 1. The number of nitrogens with two attached hydrogens (primary N) is 4. The van der Waals surface area contributed by atoms with Gasteiger partial charge in [-0.3, -0.25) is 24.2 Å². The number of aliphatic hydroxyl groups excluding tert-OH is 1. The number of hydrogen-bond acceptors (Lipinski definition) is 8. The molecule has 0 aliphatic carbocycles. The molecule has 0 aromatic heterocycles. The highest BCUT2D eigenvalue weighted by molar-refractivity contribution is 5.96. The zero-order chi connectivity index (χ0) is 27.3. The second-order valence-corrected chi connectivity index (χ2v) is 8.22. The van der Waals surface area contributed by atoms with E-state index < -0.39 is 66.3 Å². The first-order valence-electron chi connectivity index (χ1n) is 11.1. The zero-order valence-corrected chi connectivity index (χ0v) is 20.2. The third-order valence-corrected chi connectivity index (χ3v) is 5.22. The van der Waals surface area contributed by atoms with Crippen molar-refractivity contribution in [3.8, 4) is 0 Å². The molecule has 0 fully saturated rings. The van der Waals surface area contributed by atoms with Crippen molar-refractivity contribution in [1.29, 1.82) is 0 Å². The van der Waals surface area contributed by atoms with Gasteiger partial charge in [0.25, 0.3) is 0 Å². The van der Waals surface area contributed by atoms with Gasteiger partial charge in [0, 0.05) is 6.54 Å². The van der Waals surface area contributed by atoms with E-state index in [0.29, 0.717) is 6.42 Å². The largest absolute Gasteiger partial charge is 0.480 e. The smallest absolute Gasteiger partial charge is 0.326 e. The molecule has 6 atom stereocenters. The number of aliphatic hydroxyl groups is 1. The molecule has 15 heteroatoms. The van der Waals surface area contributed by atoms with Gasteiger partial charge in [0.2, 0.25) is 23.6 Å². The summed E-state index contributed by atoms with van der Waals surface area (Å²) < 4.78 is 0. The summed E-state index contributed by atoms with van der Waals surface area (Å²) in [5.74, 6) is -5.38. The van der Waals surface area contributed by atoms with Gasteiger partial charge in [-0.25, -0.2) is 4.79 Å². The number of primary amides is 1. The zero-order valence-electron chi connectivity index (χ0n) is 20.2. The monoisotopic (exact) mass is 502 g/mol. The minimum absolute atomic E-state index is 0.0467. The lowest BCUT2D eigenvalue weighted by Gasteiger charge is -2.27. The maximum absolute atomic E-state index is 12.8. The Balaban J connectivity index is 5.44. The fourth-order valence-electron chi connectivity index (χ4n) is 2.87. The van der Waals surface area contributed by atoms with Gasteiger partial charge in [-0.05, 0) is 25.7 Å². The fraction of sp³-hybridized carbons (Fsp3) is 0.700. The lowest BCUT2D eigenvalue weighted by Crippen LogP contribution is -2.60. The van der Waals surface area contributed by atoms with Crippen molar-refractivity contribution in [3.05, 3.63) is 0 Å². The van der Waals surface area contributed by atoms with Crippen LogP contribution in [0.15, 0.2) is 4.99 Å². The summed E-state index contributed by atoms with van der Waals surface area (Å²) in [6.45, 7) is 4.93. The van der Waals surface area contributed by atoms with Crippen molar-refractivity contribution >= 4 is 35.6 Å². The molecule has 0 aliphatic heterocycles. The molecule has 0 bridgehead atoms. The SMILES string of the molecule is CCC(C)C(N)C(=O)NC(C(=O)NC(CC(N)=O)C(=O)NC(CCCN=C(N)N)C(=O)O)C(C)O. The van der Waals surface area contributed by atoms with Crippen LogP contribution in [0.2, 0.25) is 0 Å². The van der Waals surface area contributed by atoms with E-state index in [1.165, 1.54) is 6.92 Å². The summed E-state index contributed by atoms with van der Waals surface area (Å²) in [7, 11) is 0. The molecular weight excluding hydrogens is 464 g/mol. The van der Waals surface area contributed by atoms with Crippen LogP contribution in [0.5, 0.6) is 0 Å². The highest BCUT2D eigenvalue weighted by atomic mass is 16.4. The minimum Gasteiger partial charge on any atom is -0.480 e. The number of guanidine groups is 1. The topological polar surface area (TPSA) is 278 Å². The molecule has 15 nitrogen and oxygen atoms in total. The summed E-state index contributed by atoms with van der Waals surface area (Å²) >= 11 is 0. The fourth-order valence-corrected chi connectivity index (χ4v) is 2.87. The average Bonchev–Trinajstić information content (AvgIpc) is 2.76. The van der Waals surface area contributed by atoms with E-state index in [4.69, 9.17) is 22.9 Å². The third-order valence-electron chi connectivity index (χ3n) is 5.22. The van der Waals surface area contributed by atoms with Crippen LogP contribution in [0.4, 0.5) is 0 Å². The van der Waals surface area contributed by atoms with Crippen molar-refractivity contribution in [2.75, 3.05) is 6.54 Å². The molecule has 0 saturated heterocycles. The number of carboxylic acids is 1. The Morgan fingerprint density at radius 3 is 1.94 bits per heavy atom. The molecule has 13 N–H and O–H groups in total. The second-order valence-electron chi connectivity index (χ2n) is 8.22. The number of carbonyl (C=O) groups excluding carboxylic acids is 4. The number of carboxylic acid groups (broad SMARTS) is 1. The van der Waals surface area contributed by atoms with Crippen molar-refractivity contribution in [2.24, 2.45) is 33.8 Å². The van der Waals surface area contributed by atoms with Crippen LogP contribution in [0.1, 0.15) is 46.5 Å². The Bertz CT molecular complexity index is 785. The molecule has 0 aliphatic rings. The Morgan fingerprint density at radius 2 is 1.49 bits per heavy atom. The maximum atomic E-state index is 12.8. The predicted octanol–water partition coefficient (Wildman–Crippen LogP) is -3.79. The lowest BCUT2D eigenvalue weighted by atomic mass is 9.98. The van der Waals surface area contributed by atoms with Crippen LogP contribution in [0, 0.1) is 5.92 Å². The number of nitrogens with one attached hydrogen (secondary N) is 3. The summed E-state index contributed by atoms with van der Waals surface area (Å²) in [4.78, 5) is 64.5. The van der Waals surface area contributed by atoms with Gasteiger partial charge in [-0.1, -0.05) is 20.3 Å². The number of carbonyl (C=O) groups is 5. The molecule has 4 amide bonds. The lowest BCUT2D eigenvalue weighted by molar-refractivity contribution is -0.142. The average molecular weight is 503 g/mol. The van der Waals surface area contributed by atoms with E-state index in [0.717, 1.165) is 0 Å². The number of aliphatic imine (C=N–C) groups is 1. The number of amides is 4. The quantitative estimate of drug-likeness (QED) is 0.0563. The van der Waals surface area contributed by atoms with E-state index in [9.17, 15) is 34.2 Å². The number of rotatable bonds is 16. The Morgan fingerprint density at radius 1 is 0.914 bits per heavy atom. The molecule has 0 aromatic carbocycles. The molecule has 0 spiro atoms. The highest BCUT2D eigenvalue weighted by Gasteiger charge is 2.33. The summed E-state index contributed by atoms with van der Waals surface area (Å²) in [5, 5.41) is 26.2. The summed E-state index contributed by atoms with van der Waals surface area (Å²) in [6, 6.07) is -5.39. The highest BCUT2D eigenvalue weighted by Crippen LogP contribution is 2.07. The number of hydrogen-bond donors (Lipinski definition) is 9. The molecule has 0 saturated carbocycles. The van der Waals surface area contributed by atoms with Crippen LogP contribution in [0.3, 0.4) is 0 Å². The van der Waals surface area contributed by atoms with E-state index in [-0.39, 0.29) is 31.3 Å². The normalized spacial score (nSPS) is 15.9. The minimum atomic E-state index is -1.57. The second kappa shape index (κ2) is 15.4. The molecule has 200 valence electrons. The van der Waals surface area contributed by atoms with Crippen LogP contribution in [0.25, 0.3) is 0 Å². The van der Waals surface area contributed by atoms with Crippen molar-refractivity contribution < 1.29 is 34.2 Å². The molecular formula is C20H38N8O7. The van der Waals surface area contributed by atoms with Gasteiger partial charge in [-0.15, -0.1) is 0 Å².